The lowest BCUT2D eigenvalue weighted by Gasteiger charge is -2.18. The number of benzene rings is 1. The van der Waals surface area contributed by atoms with E-state index in [0.29, 0.717) is 5.56 Å². The van der Waals surface area contributed by atoms with Gasteiger partial charge in [0.1, 0.15) is 6.04 Å². The Morgan fingerprint density at radius 1 is 1.35 bits per heavy atom. The van der Waals surface area contributed by atoms with Crippen LogP contribution in [0, 0.1) is 0 Å². The standard InChI is InChI=1S/C15H15NO6S/c1-8(14(19)22-3)16-13(18)12(23-15(16)20)7-9-4-5-10(17)11(6-9)21-2/h4-8,17H,1-3H3. The minimum atomic E-state index is -0.993. The van der Waals surface area contributed by atoms with Gasteiger partial charge in [0, 0.05) is 0 Å². The quantitative estimate of drug-likeness (QED) is 0.663. The van der Waals surface area contributed by atoms with Crippen LogP contribution < -0.4 is 4.74 Å². The van der Waals surface area contributed by atoms with Crippen molar-refractivity contribution in [2.75, 3.05) is 14.2 Å². The molecule has 23 heavy (non-hydrogen) atoms. The Morgan fingerprint density at radius 2 is 2.04 bits per heavy atom. The Balaban J connectivity index is 2.30. The summed E-state index contributed by atoms with van der Waals surface area (Å²) in [5.41, 5.74) is 0.580. The summed E-state index contributed by atoms with van der Waals surface area (Å²) in [6.07, 6.45) is 1.50. The van der Waals surface area contributed by atoms with Crippen molar-refractivity contribution in [3.05, 3.63) is 28.7 Å². The number of nitrogens with zero attached hydrogens (tertiary/aromatic N) is 1. The van der Waals surface area contributed by atoms with E-state index in [2.05, 4.69) is 4.74 Å². The van der Waals surface area contributed by atoms with Crippen molar-refractivity contribution in [2.24, 2.45) is 0 Å². The lowest BCUT2D eigenvalue weighted by atomic mass is 10.2. The number of aromatic hydroxyl groups is 1. The van der Waals surface area contributed by atoms with Crippen LogP contribution >= 0.6 is 11.8 Å². The number of carbonyl (C=O) groups is 3. The van der Waals surface area contributed by atoms with Gasteiger partial charge in [-0.2, -0.15) is 0 Å². The zero-order chi connectivity index (χ0) is 17.1. The van der Waals surface area contributed by atoms with E-state index in [-0.39, 0.29) is 16.4 Å². The van der Waals surface area contributed by atoms with Crippen LogP contribution in [0.25, 0.3) is 6.08 Å². The molecule has 1 heterocycles. The number of amides is 2. The smallest absolute Gasteiger partial charge is 0.328 e. The second kappa shape index (κ2) is 6.74. The third-order valence-corrected chi connectivity index (χ3v) is 4.14. The number of ether oxygens (including phenoxy) is 2. The first-order valence-corrected chi connectivity index (χ1v) is 7.42. The fourth-order valence-corrected chi connectivity index (χ4v) is 2.93. The maximum absolute atomic E-state index is 12.3. The lowest BCUT2D eigenvalue weighted by Crippen LogP contribution is -2.42. The number of phenolic OH excluding ortho intramolecular Hbond substituents is 1. The molecule has 1 N–H and O–H groups in total. The first-order valence-electron chi connectivity index (χ1n) is 6.61. The molecule has 1 aliphatic heterocycles. The number of rotatable bonds is 4. The molecule has 0 spiro atoms. The molecule has 1 saturated heterocycles. The Bertz CT molecular complexity index is 699. The maximum atomic E-state index is 12.3. The molecule has 2 amide bonds. The van der Waals surface area contributed by atoms with E-state index in [0.717, 1.165) is 16.7 Å². The van der Waals surface area contributed by atoms with Crippen molar-refractivity contribution in [3.8, 4) is 11.5 Å². The Labute approximate surface area is 136 Å². The molecule has 0 saturated carbocycles. The van der Waals surface area contributed by atoms with Crippen LogP contribution in [0.4, 0.5) is 4.79 Å². The molecule has 1 aromatic carbocycles. The largest absolute Gasteiger partial charge is 0.504 e. The van der Waals surface area contributed by atoms with Gasteiger partial charge in [-0.25, -0.2) is 4.79 Å². The number of imide groups is 1. The van der Waals surface area contributed by atoms with Crippen LogP contribution in [0.5, 0.6) is 11.5 Å². The van der Waals surface area contributed by atoms with Crippen LogP contribution in [0.1, 0.15) is 12.5 Å². The molecule has 1 atom stereocenters. The van der Waals surface area contributed by atoms with Crippen molar-refractivity contribution in [1.82, 2.24) is 4.90 Å². The fraction of sp³-hybridized carbons (Fsp3) is 0.267. The molecule has 122 valence electrons. The Kier molecular flexibility index (Phi) is 4.95. The summed E-state index contributed by atoms with van der Waals surface area (Å²) in [6, 6.07) is 3.54. The van der Waals surface area contributed by atoms with Crippen molar-refractivity contribution >= 4 is 35.0 Å². The Morgan fingerprint density at radius 3 is 2.65 bits per heavy atom. The summed E-state index contributed by atoms with van der Waals surface area (Å²) in [4.78, 5) is 36.9. The minimum absolute atomic E-state index is 0.0305. The van der Waals surface area contributed by atoms with Gasteiger partial charge in [-0.3, -0.25) is 14.5 Å². The first-order chi connectivity index (χ1) is 10.9. The number of hydrogen-bond acceptors (Lipinski definition) is 7. The molecule has 7 nitrogen and oxygen atoms in total. The highest BCUT2D eigenvalue weighted by Crippen LogP contribution is 2.35. The van der Waals surface area contributed by atoms with E-state index in [1.165, 1.54) is 39.4 Å². The molecule has 2 rings (SSSR count). The van der Waals surface area contributed by atoms with Gasteiger partial charge in [0.25, 0.3) is 11.1 Å². The minimum Gasteiger partial charge on any atom is -0.504 e. The SMILES string of the molecule is COC(=O)C(C)N1C(=O)SC(=Cc2ccc(O)c(OC)c2)C1=O. The molecule has 0 aromatic heterocycles. The van der Waals surface area contributed by atoms with Gasteiger partial charge in [-0.15, -0.1) is 0 Å². The summed E-state index contributed by atoms with van der Waals surface area (Å²) in [5.74, 6) is -1.01. The summed E-state index contributed by atoms with van der Waals surface area (Å²) >= 11 is 0.738. The van der Waals surface area contributed by atoms with Crippen molar-refractivity contribution in [3.63, 3.8) is 0 Å². The summed E-state index contributed by atoms with van der Waals surface area (Å²) in [5, 5.41) is 9.02. The van der Waals surface area contributed by atoms with E-state index in [1.807, 2.05) is 0 Å². The number of esters is 1. The van der Waals surface area contributed by atoms with Crippen LogP contribution in [0.3, 0.4) is 0 Å². The number of methoxy groups -OCH3 is 2. The van der Waals surface area contributed by atoms with Gasteiger partial charge in [0.2, 0.25) is 0 Å². The van der Waals surface area contributed by atoms with E-state index in [9.17, 15) is 19.5 Å². The second-order valence-electron chi connectivity index (χ2n) is 4.68. The van der Waals surface area contributed by atoms with Gasteiger partial charge in [0.15, 0.2) is 11.5 Å². The first kappa shape index (κ1) is 16.9. The lowest BCUT2D eigenvalue weighted by molar-refractivity contribution is -0.148. The third kappa shape index (κ3) is 3.31. The molecule has 0 bridgehead atoms. The van der Waals surface area contributed by atoms with E-state index in [1.54, 1.807) is 6.07 Å². The van der Waals surface area contributed by atoms with Crippen LogP contribution in [0.15, 0.2) is 23.1 Å². The monoisotopic (exact) mass is 337 g/mol. The normalized spacial score (nSPS) is 17.5. The highest BCUT2D eigenvalue weighted by atomic mass is 32.2. The molecule has 1 fully saturated rings. The average Bonchev–Trinajstić information content (AvgIpc) is 2.81. The second-order valence-corrected chi connectivity index (χ2v) is 5.68. The molecule has 1 aliphatic rings. The zero-order valence-corrected chi connectivity index (χ0v) is 13.5. The topological polar surface area (TPSA) is 93.1 Å². The molecule has 1 aromatic rings. The van der Waals surface area contributed by atoms with Crippen molar-refractivity contribution in [2.45, 2.75) is 13.0 Å². The highest BCUT2D eigenvalue weighted by molar-refractivity contribution is 8.18. The third-order valence-electron chi connectivity index (χ3n) is 3.25. The summed E-state index contributed by atoms with van der Waals surface area (Å²) < 4.78 is 9.55. The summed E-state index contributed by atoms with van der Waals surface area (Å²) in [7, 11) is 2.60. The molecular formula is C15H15NO6S. The van der Waals surface area contributed by atoms with Crippen molar-refractivity contribution in [1.29, 1.82) is 0 Å². The van der Waals surface area contributed by atoms with Gasteiger partial charge in [-0.05, 0) is 42.5 Å². The average molecular weight is 337 g/mol. The number of thioether (sulfide) groups is 1. The Hall–Kier alpha value is -2.48. The number of hydrogen-bond donors (Lipinski definition) is 1. The van der Waals surface area contributed by atoms with Crippen LogP contribution in [0.2, 0.25) is 0 Å². The maximum Gasteiger partial charge on any atom is 0.328 e. The fourth-order valence-electron chi connectivity index (χ4n) is 2.03. The number of phenols is 1. The molecule has 1 unspecified atom stereocenters. The predicted molar refractivity (Wildman–Crippen MR) is 83.9 cm³/mol. The van der Waals surface area contributed by atoms with Crippen LogP contribution in [-0.4, -0.2) is 47.4 Å². The van der Waals surface area contributed by atoms with Gasteiger partial charge < -0.3 is 14.6 Å². The highest BCUT2D eigenvalue weighted by Gasteiger charge is 2.41. The van der Waals surface area contributed by atoms with E-state index < -0.39 is 23.2 Å². The van der Waals surface area contributed by atoms with Crippen LogP contribution in [-0.2, 0) is 14.3 Å². The molecular weight excluding hydrogens is 322 g/mol. The zero-order valence-electron chi connectivity index (χ0n) is 12.7. The molecule has 8 heteroatoms. The van der Waals surface area contributed by atoms with E-state index in [4.69, 9.17) is 4.74 Å². The van der Waals surface area contributed by atoms with Crippen molar-refractivity contribution < 1.29 is 29.0 Å². The summed E-state index contributed by atoms with van der Waals surface area (Å²) in [6.45, 7) is 1.43. The van der Waals surface area contributed by atoms with Gasteiger partial charge >= 0.3 is 5.97 Å². The molecule has 0 aliphatic carbocycles. The van der Waals surface area contributed by atoms with Gasteiger partial charge in [-0.1, -0.05) is 6.07 Å². The predicted octanol–water partition coefficient (Wildman–Crippen LogP) is 2.00. The number of carbonyl (C=O) groups excluding carboxylic acids is 3. The molecule has 0 radical (unpaired) electrons. The van der Waals surface area contributed by atoms with E-state index >= 15 is 0 Å². The van der Waals surface area contributed by atoms with Gasteiger partial charge in [0.05, 0.1) is 19.1 Å².